The van der Waals surface area contributed by atoms with Crippen molar-refractivity contribution in [3.63, 3.8) is 0 Å². The van der Waals surface area contributed by atoms with Crippen LogP contribution >= 0.6 is 11.3 Å². The number of nitrogens with one attached hydrogen (secondary N) is 1. The third-order valence-electron chi connectivity index (χ3n) is 2.54. The first kappa shape index (κ1) is 12.5. The number of ether oxygens (including phenoxy) is 1. The number of thiophene rings is 1. The molecule has 0 bridgehead atoms. The molecule has 0 amide bonds. The largest absolute Gasteiger partial charge is 0.381 e. The summed E-state index contributed by atoms with van der Waals surface area (Å²) in [5.41, 5.74) is 0. The lowest BCUT2D eigenvalue weighted by Crippen LogP contribution is -2.29. The smallest absolute Gasteiger partial charge is 0.250 e. The number of hydrogen-bond donors (Lipinski definition) is 1. The van der Waals surface area contributed by atoms with Gasteiger partial charge in [-0.15, -0.1) is 11.3 Å². The third-order valence-corrected chi connectivity index (χ3v) is 5.45. The minimum absolute atomic E-state index is 0.188. The molecule has 1 N–H and O–H groups in total. The van der Waals surface area contributed by atoms with Crippen LogP contribution in [0.2, 0.25) is 0 Å². The van der Waals surface area contributed by atoms with E-state index in [1.807, 2.05) is 6.07 Å². The average Bonchev–Trinajstić information content (AvgIpc) is 2.98. The molecule has 1 aromatic heterocycles. The molecule has 1 saturated heterocycles. The maximum Gasteiger partial charge on any atom is 0.250 e. The van der Waals surface area contributed by atoms with Crippen molar-refractivity contribution < 1.29 is 13.2 Å². The summed E-state index contributed by atoms with van der Waals surface area (Å²) in [7, 11) is -3.48. The minimum atomic E-state index is -3.48. The number of rotatable bonds is 4. The molecule has 0 aliphatic carbocycles. The fourth-order valence-corrected chi connectivity index (χ4v) is 3.83. The van der Waals surface area contributed by atoms with E-state index in [0.717, 1.165) is 17.8 Å². The van der Waals surface area contributed by atoms with E-state index in [-0.39, 0.29) is 10.1 Å². The van der Waals surface area contributed by atoms with Gasteiger partial charge in [0.1, 0.15) is 15.2 Å². The highest BCUT2D eigenvalue weighted by Gasteiger charge is 2.21. The van der Waals surface area contributed by atoms with Crippen LogP contribution in [0.4, 0.5) is 0 Å². The van der Waals surface area contributed by atoms with Crippen LogP contribution in [-0.2, 0) is 14.8 Å². The van der Waals surface area contributed by atoms with Crippen molar-refractivity contribution >= 4 is 21.4 Å². The summed E-state index contributed by atoms with van der Waals surface area (Å²) < 4.78 is 31.6. The first-order valence-corrected chi connectivity index (χ1v) is 7.49. The number of nitriles is 1. The molecule has 1 fully saturated rings. The number of hydrogen-bond acceptors (Lipinski definition) is 5. The van der Waals surface area contributed by atoms with Crippen LogP contribution in [0.3, 0.4) is 0 Å². The molecule has 2 rings (SSSR count). The topological polar surface area (TPSA) is 79.2 Å². The highest BCUT2D eigenvalue weighted by molar-refractivity contribution is 7.91. The Morgan fingerprint density at radius 2 is 2.41 bits per heavy atom. The second-order valence-corrected chi connectivity index (χ2v) is 6.89. The summed E-state index contributed by atoms with van der Waals surface area (Å²) in [5, 5.41) is 8.65. The van der Waals surface area contributed by atoms with Gasteiger partial charge >= 0.3 is 0 Å². The van der Waals surface area contributed by atoms with Crippen LogP contribution in [0.1, 0.15) is 11.3 Å². The Balaban J connectivity index is 2.00. The molecular weight excluding hydrogens is 260 g/mol. The molecule has 0 saturated carbocycles. The maximum atomic E-state index is 11.9. The molecule has 0 aromatic carbocycles. The molecule has 2 heterocycles. The molecular formula is C10H12N2O3S2. The second kappa shape index (κ2) is 5.14. The molecule has 5 nitrogen and oxygen atoms in total. The summed E-state index contributed by atoms with van der Waals surface area (Å²) in [4.78, 5) is 0.398. The first-order valence-electron chi connectivity index (χ1n) is 5.19. The lowest BCUT2D eigenvalue weighted by atomic mass is 10.1. The molecule has 92 valence electrons. The molecule has 7 heteroatoms. The third kappa shape index (κ3) is 3.04. The second-order valence-electron chi connectivity index (χ2n) is 3.81. The Labute approximate surface area is 104 Å². The summed E-state index contributed by atoms with van der Waals surface area (Å²) >= 11 is 0.979. The average molecular weight is 272 g/mol. The van der Waals surface area contributed by atoms with Gasteiger partial charge in [0.15, 0.2) is 0 Å². The summed E-state index contributed by atoms with van der Waals surface area (Å²) in [5.74, 6) is 0.250. The summed E-state index contributed by atoms with van der Waals surface area (Å²) in [6.45, 7) is 1.70. The van der Waals surface area contributed by atoms with E-state index in [0.29, 0.717) is 24.6 Å². The van der Waals surface area contributed by atoms with Crippen molar-refractivity contribution in [2.45, 2.75) is 10.6 Å². The van der Waals surface area contributed by atoms with E-state index in [2.05, 4.69) is 4.72 Å². The SMILES string of the molecule is N#Cc1ccc(S(=O)(=O)NCC2CCOC2)s1. The highest BCUT2D eigenvalue weighted by atomic mass is 32.2. The van der Waals surface area contributed by atoms with Crippen LogP contribution in [0.15, 0.2) is 16.3 Å². The quantitative estimate of drug-likeness (QED) is 0.884. The standard InChI is InChI=1S/C10H12N2O3S2/c11-5-9-1-2-10(16-9)17(13,14)12-6-8-3-4-15-7-8/h1-2,8,12H,3-4,6-7H2. The molecule has 1 unspecified atom stereocenters. The molecule has 17 heavy (non-hydrogen) atoms. The highest BCUT2D eigenvalue weighted by Crippen LogP contribution is 2.21. The van der Waals surface area contributed by atoms with Crippen molar-refractivity contribution in [2.75, 3.05) is 19.8 Å². The van der Waals surface area contributed by atoms with Crippen molar-refractivity contribution in [3.05, 3.63) is 17.0 Å². The van der Waals surface area contributed by atoms with Gasteiger partial charge in [-0.25, -0.2) is 13.1 Å². The normalized spacial score (nSPS) is 20.3. The fourth-order valence-electron chi connectivity index (χ4n) is 1.57. The lowest BCUT2D eigenvalue weighted by molar-refractivity contribution is 0.186. The van der Waals surface area contributed by atoms with E-state index < -0.39 is 10.0 Å². The van der Waals surface area contributed by atoms with Crippen molar-refractivity contribution in [2.24, 2.45) is 5.92 Å². The first-order chi connectivity index (χ1) is 8.12. The number of nitrogens with zero attached hydrogens (tertiary/aromatic N) is 1. The van der Waals surface area contributed by atoms with Crippen molar-refractivity contribution in [1.82, 2.24) is 4.72 Å². The Morgan fingerprint density at radius 1 is 1.59 bits per heavy atom. The van der Waals surface area contributed by atoms with Gasteiger partial charge in [-0.3, -0.25) is 0 Å². The number of sulfonamides is 1. The Bertz CT molecular complexity index is 524. The Morgan fingerprint density at radius 3 is 3.00 bits per heavy atom. The van der Waals surface area contributed by atoms with Crippen LogP contribution in [0.25, 0.3) is 0 Å². The van der Waals surface area contributed by atoms with E-state index in [9.17, 15) is 8.42 Å². The van der Waals surface area contributed by atoms with Crippen molar-refractivity contribution in [3.8, 4) is 6.07 Å². The van der Waals surface area contributed by atoms with Gasteiger partial charge < -0.3 is 4.74 Å². The fraction of sp³-hybridized carbons (Fsp3) is 0.500. The zero-order valence-corrected chi connectivity index (χ0v) is 10.7. The summed E-state index contributed by atoms with van der Waals surface area (Å²) in [6, 6.07) is 4.89. The molecule has 0 spiro atoms. The Hall–Kier alpha value is -0.940. The molecule has 0 radical (unpaired) electrons. The van der Waals surface area contributed by atoms with E-state index in [1.165, 1.54) is 12.1 Å². The van der Waals surface area contributed by atoms with Crippen LogP contribution in [-0.4, -0.2) is 28.2 Å². The van der Waals surface area contributed by atoms with Gasteiger partial charge in [-0.05, 0) is 24.5 Å². The molecule has 1 aliphatic rings. The molecule has 1 aromatic rings. The zero-order chi connectivity index (χ0) is 12.3. The Kier molecular flexibility index (Phi) is 3.79. The van der Waals surface area contributed by atoms with Crippen LogP contribution in [0.5, 0.6) is 0 Å². The van der Waals surface area contributed by atoms with Gasteiger partial charge in [-0.2, -0.15) is 5.26 Å². The van der Waals surface area contributed by atoms with Gasteiger partial charge in [0, 0.05) is 13.2 Å². The van der Waals surface area contributed by atoms with Gasteiger partial charge in [-0.1, -0.05) is 0 Å². The van der Waals surface area contributed by atoms with E-state index >= 15 is 0 Å². The van der Waals surface area contributed by atoms with Gasteiger partial charge in [0.05, 0.1) is 6.61 Å². The predicted molar refractivity (Wildman–Crippen MR) is 63.1 cm³/mol. The zero-order valence-electron chi connectivity index (χ0n) is 9.05. The van der Waals surface area contributed by atoms with Gasteiger partial charge in [0.25, 0.3) is 0 Å². The van der Waals surface area contributed by atoms with E-state index in [1.54, 1.807) is 0 Å². The minimum Gasteiger partial charge on any atom is -0.381 e. The van der Waals surface area contributed by atoms with E-state index in [4.69, 9.17) is 10.00 Å². The maximum absolute atomic E-state index is 11.9. The molecule has 1 aliphatic heterocycles. The lowest BCUT2D eigenvalue weighted by Gasteiger charge is -2.08. The van der Waals surface area contributed by atoms with Crippen LogP contribution in [0, 0.1) is 17.2 Å². The van der Waals surface area contributed by atoms with Crippen molar-refractivity contribution in [1.29, 1.82) is 5.26 Å². The summed E-state index contributed by atoms with van der Waals surface area (Å²) in [6.07, 6.45) is 0.885. The van der Waals surface area contributed by atoms with Crippen LogP contribution < -0.4 is 4.72 Å². The van der Waals surface area contributed by atoms with Gasteiger partial charge in [0.2, 0.25) is 10.0 Å². The predicted octanol–water partition coefficient (Wildman–Crippen LogP) is 0.935. The monoisotopic (exact) mass is 272 g/mol. The molecule has 1 atom stereocenters.